The van der Waals surface area contributed by atoms with Crippen LogP contribution in [0, 0.1) is 11.7 Å². The maximum absolute atomic E-state index is 13.0. The number of nitrogens with zero attached hydrogens (tertiary/aromatic N) is 3. The fraction of sp³-hybridized carbons (Fsp3) is 0.471. The molecule has 0 bridgehead atoms. The highest BCUT2D eigenvalue weighted by Crippen LogP contribution is 2.29. The van der Waals surface area contributed by atoms with E-state index in [9.17, 15) is 9.18 Å². The first-order chi connectivity index (χ1) is 11.0. The molecule has 1 aliphatic rings. The maximum Gasteiger partial charge on any atom is 0.230 e. The van der Waals surface area contributed by atoms with Crippen LogP contribution in [0.5, 0.6) is 0 Å². The molecule has 0 radical (unpaired) electrons. The fourth-order valence-corrected chi connectivity index (χ4v) is 2.83. The first-order valence-electron chi connectivity index (χ1n) is 7.93. The Balaban J connectivity index is 1.66. The molecule has 0 spiro atoms. The van der Waals surface area contributed by atoms with Crippen molar-refractivity contribution in [1.82, 2.24) is 15.0 Å². The minimum atomic E-state index is -0.292. The van der Waals surface area contributed by atoms with Crippen LogP contribution in [0.25, 0.3) is 11.4 Å². The van der Waals surface area contributed by atoms with Gasteiger partial charge in [-0.3, -0.25) is 4.79 Å². The van der Waals surface area contributed by atoms with Gasteiger partial charge in [0, 0.05) is 30.5 Å². The summed E-state index contributed by atoms with van der Waals surface area (Å²) in [6.07, 6.45) is 1.65. The molecule has 1 fully saturated rings. The van der Waals surface area contributed by atoms with Crippen LogP contribution in [-0.2, 0) is 4.79 Å². The second kappa shape index (κ2) is 6.48. The van der Waals surface area contributed by atoms with Crippen molar-refractivity contribution in [3.8, 4) is 11.4 Å². The fourth-order valence-electron chi connectivity index (χ4n) is 2.83. The summed E-state index contributed by atoms with van der Waals surface area (Å²) in [6.45, 7) is 5.27. The van der Waals surface area contributed by atoms with E-state index in [1.165, 1.54) is 12.1 Å². The number of aromatic nitrogens is 2. The Labute approximate surface area is 134 Å². The van der Waals surface area contributed by atoms with Gasteiger partial charge in [-0.1, -0.05) is 19.0 Å². The molecule has 23 heavy (non-hydrogen) atoms. The Kier molecular flexibility index (Phi) is 4.41. The molecule has 2 heterocycles. The van der Waals surface area contributed by atoms with Crippen LogP contribution in [0.4, 0.5) is 4.39 Å². The predicted octanol–water partition coefficient (Wildman–Crippen LogP) is 3.24. The van der Waals surface area contributed by atoms with Gasteiger partial charge in [0.25, 0.3) is 0 Å². The topological polar surface area (TPSA) is 59.2 Å². The standard InChI is InChI=1S/C17H20FN3O2/c1-11(2)17(22)21-9-7-13(8-10-21)16-19-15(20-23-16)12-3-5-14(18)6-4-12/h3-6,11,13H,7-10H2,1-2H3. The van der Waals surface area contributed by atoms with E-state index in [1.807, 2.05) is 18.7 Å². The molecule has 1 amide bonds. The number of rotatable bonds is 3. The summed E-state index contributed by atoms with van der Waals surface area (Å²) < 4.78 is 18.3. The molecule has 0 saturated carbocycles. The molecule has 1 aliphatic heterocycles. The third-order valence-corrected chi connectivity index (χ3v) is 4.19. The van der Waals surface area contributed by atoms with Gasteiger partial charge >= 0.3 is 0 Å². The number of hydrogen-bond donors (Lipinski definition) is 0. The SMILES string of the molecule is CC(C)C(=O)N1CCC(c2nc(-c3ccc(F)cc3)no2)CC1. The molecule has 2 aromatic rings. The van der Waals surface area contributed by atoms with Crippen molar-refractivity contribution < 1.29 is 13.7 Å². The number of likely N-dealkylation sites (tertiary alicyclic amines) is 1. The summed E-state index contributed by atoms with van der Waals surface area (Å²) in [4.78, 5) is 18.3. The van der Waals surface area contributed by atoms with Gasteiger partial charge in [-0.05, 0) is 37.1 Å². The van der Waals surface area contributed by atoms with Crippen molar-refractivity contribution >= 4 is 5.91 Å². The zero-order valence-electron chi connectivity index (χ0n) is 13.3. The third kappa shape index (κ3) is 3.41. The van der Waals surface area contributed by atoms with E-state index in [2.05, 4.69) is 10.1 Å². The van der Waals surface area contributed by atoms with Gasteiger partial charge in [0.1, 0.15) is 5.82 Å². The van der Waals surface area contributed by atoms with E-state index in [0.717, 1.165) is 31.5 Å². The Hall–Kier alpha value is -2.24. The molecule has 6 heteroatoms. The summed E-state index contributed by atoms with van der Waals surface area (Å²) in [7, 11) is 0. The number of piperidine rings is 1. The Morgan fingerprint density at radius 1 is 1.26 bits per heavy atom. The van der Waals surface area contributed by atoms with E-state index in [4.69, 9.17) is 4.52 Å². The Morgan fingerprint density at radius 3 is 2.52 bits per heavy atom. The summed E-state index contributed by atoms with van der Waals surface area (Å²) in [6, 6.07) is 6.02. The van der Waals surface area contributed by atoms with Gasteiger partial charge in [0.15, 0.2) is 0 Å². The first-order valence-corrected chi connectivity index (χ1v) is 7.93. The maximum atomic E-state index is 13.0. The Morgan fingerprint density at radius 2 is 1.91 bits per heavy atom. The molecule has 122 valence electrons. The highest BCUT2D eigenvalue weighted by Gasteiger charge is 2.28. The normalized spacial score (nSPS) is 16.1. The van der Waals surface area contributed by atoms with Crippen LogP contribution >= 0.6 is 0 Å². The molecule has 1 saturated heterocycles. The predicted molar refractivity (Wildman–Crippen MR) is 83.1 cm³/mol. The van der Waals surface area contributed by atoms with Crippen molar-refractivity contribution in [2.45, 2.75) is 32.6 Å². The lowest BCUT2D eigenvalue weighted by Crippen LogP contribution is -2.40. The highest BCUT2D eigenvalue weighted by atomic mass is 19.1. The minimum absolute atomic E-state index is 0.0278. The van der Waals surface area contributed by atoms with Gasteiger partial charge in [-0.15, -0.1) is 0 Å². The number of halogens is 1. The van der Waals surface area contributed by atoms with Gasteiger partial charge in [0.05, 0.1) is 0 Å². The largest absolute Gasteiger partial charge is 0.342 e. The van der Waals surface area contributed by atoms with E-state index >= 15 is 0 Å². The zero-order valence-corrected chi connectivity index (χ0v) is 13.3. The third-order valence-electron chi connectivity index (χ3n) is 4.19. The zero-order chi connectivity index (χ0) is 16.4. The minimum Gasteiger partial charge on any atom is -0.342 e. The molecule has 1 aromatic heterocycles. The van der Waals surface area contributed by atoms with Crippen LogP contribution in [0.15, 0.2) is 28.8 Å². The molecule has 0 atom stereocenters. The van der Waals surface area contributed by atoms with Gasteiger partial charge < -0.3 is 9.42 Å². The van der Waals surface area contributed by atoms with Crippen molar-refractivity contribution in [1.29, 1.82) is 0 Å². The van der Waals surface area contributed by atoms with E-state index < -0.39 is 0 Å². The second-order valence-electron chi connectivity index (χ2n) is 6.22. The summed E-state index contributed by atoms with van der Waals surface area (Å²) >= 11 is 0. The first kappa shape index (κ1) is 15.6. The highest BCUT2D eigenvalue weighted by molar-refractivity contribution is 5.78. The second-order valence-corrected chi connectivity index (χ2v) is 6.22. The molecule has 0 N–H and O–H groups in total. The summed E-state index contributed by atoms with van der Waals surface area (Å²) in [5.74, 6) is 1.18. The Bertz CT molecular complexity index is 673. The van der Waals surface area contributed by atoms with Gasteiger partial charge in [0.2, 0.25) is 17.6 Å². The van der Waals surface area contributed by atoms with Crippen molar-refractivity contribution in [2.24, 2.45) is 5.92 Å². The van der Waals surface area contributed by atoms with Gasteiger partial charge in [-0.2, -0.15) is 4.98 Å². The molecule has 3 rings (SSSR count). The van der Waals surface area contributed by atoms with Crippen LogP contribution < -0.4 is 0 Å². The molecule has 5 nitrogen and oxygen atoms in total. The van der Waals surface area contributed by atoms with Gasteiger partial charge in [-0.25, -0.2) is 4.39 Å². The van der Waals surface area contributed by atoms with E-state index in [1.54, 1.807) is 12.1 Å². The van der Waals surface area contributed by atoms with Crippen molar-refractivity contribution in [3.05, 3.63) is 36.0 Å². The summed E-state index contributed by atoms with van der Waals surface area (Å²) in [5, 5.41) is 3.98. The number of carbonyl (C=O) groups excluding carboxylic acids is 1. The number of benzene rings is 1. The number of amides is 1. The lowest BCUT2D eigenvalue weighted by molar-refractivity contribution is -0.135. The molecule has 0 unspecified atom stereocenters. The van der Waals surface area contributed by atoms with E-state index in [-0.39, 0.29) is 23.6 Å². The molecule has 1 aromatic carbocycles. The molecule has 0 aliphatic carbocycles. The average molecular weight is 317 g/mol. The van der Waals surface area contributed by atoms with Crippen LogP contribution in [0.3, 0.4) is 0 Å². The van der Waals surface area contributed by atoms with Crippen molar-refractivity contribution in [2.75, 3.05) is 13.1 Å². The summed E-state index contributed by atoms with van der Waals surface area (Å²) in [5.41, 5.74) is 0.730. The van der Waals surface area contributed by atoms with Crippen LogP contribution in [0.1, 0.15) is 38.5 Å². The smallest absolute Gasteiger partial charge is 0.230 e. The monoisotopic (exact) mass is 317 g/mol. The lowest BCUT2D eigenvalue weighted by atomic mass is 9.96. The number of hydrogen-bond acceptors (Lipinski definition) is 4. The molecular weight excluding hydrogens is 297 g/mol. The number of carbonyl (C=O) groups is 1. The van der Waals surface area contributed by atoms with Crippen molar-refractivity contribution in [3.63, 3.8) is 0 Å². The average Bonchev–Trinajstić information content (AvgIpc) is 3.05. The quantitative estimate of drug-likeness (QED) is 0.872. The molecular formula is C17H20FN3O2. The van der Waals surface area contributed by atoms with Crippen LogP contribution in [-0.4, -0.2) is 34.0 Å². The van der Waals surface area contributed by atoms with Crippen LogP contribution in [0.2, 0.25) is 0 Å². The lowest BCUT2D eigenvalue weighted by Gasteiger charge is -2.31. The van der Waals surface area contributed by atoms with E-state index in [0.29, 0.717) is 11.7 Å².